The Labute approximate surface area is 167 Å². The third-order valence-electron chi connectivity index (χ3n) is 5.30. The molecule has 146 valence electrons. The number of fused-ring (bicyclic) bond motifs is 1. The largest absolute Gasteiger partial charge is 0.465 e. The molecule has 1 aliphatic carbocycles. The van der Waals surface area contributed by atoms with E-state index in [1.165, 1.54) is 11.8 Å². The number of amides is 1. The van der Waals surface area contributed by atoms with Gasteiger partial charge in [-0.05, 0) is 37.9 Å². The molecule has 1 aliphatic rings. The highest BCUT2D eigenvalue weighted by Gasteiger charge is 2.24. The molecule has 4 rings (SSSR count). The van der Waals surface area contributed by atoms with Crippen molar-refractivity contribution in [2.45, 2.75) is 43.4 Å². The minimum Gasteiger partial charge on any atom is -0.465 e. The molecule has 0 aliphatic heterocycles. The summed E-state index contributed by atoms with van der Waals surface area (Å²) in [5.74, 6) is 0.464. The molecule has 7 nitrogen and oxygen atoms in total. The normalized spacial score (nSPS) is 19.6. The SMILES string of the molecule is CSc1ncc2c(-c3ccccc3)nn(C[C@H]3CC[C@H](NC(=O)O)CC3)c2n1. The summed E-state index contributed by atoms with van der Waals surface area (Å²) in [5.41, 5.74) is 2.83. The topological polar surface area (TPSA) is 92.9 Å². The Hall–Kier alpha value is -2.61. The summed E-state index contributed by atoms with van der Waals surface area (Å²) in [6, 6.07) is 10.2. The predicted molar refractivity (Wildman–Crippen MR) is 109 cm³/mol. The van der Waals surface area contributed by atoms with E-state index in [1.807, 2.05) is 35.3 Å². The molecule has 1 aromatic carbocycles. The van der Waals surface area contributed by atoms with E-state index in [1.54, 1.807) is 0 Å². The van der Waals surface area contributed by atoms with Gasteiger partial charge in [0.25, 0.3) is 0 Å². The van der Waals surface area contributed by atoms with Gasteiger partial charge in [-0.3, -0.25) is 0 Å². The van der Waals surface area contributed by atoms with Crippen LogP contribution in [0.4, 0.5) is 4.79 Å². The summed E-state index contributed by atoms with van der Waals surface area (Å²) < 4.78 is 2.01. The number of carboxylic acid groups (broad SMARTS) is 1. The van der Waals surface area contributed by atoms with Gasteiger partial charge in [0.05, 0.1) is 5.39 Å². The van der Waals surface area contributed by atoms with Gasteiger partial charge in [0.1, 0.15) is 5.69 Å². The van der Waals surface area contributed by atoms with Gasteiger partial charge >= 0.3 is 6.09 Å². The quantitative estimate of drug-likeness (QED) is 0.498. The van der Waals surface area contributed by atoms with Crippen LogP contribution in [-0.4, -0.2) is 43.2 Å². The van der Waals surface area contributed by atoms with Crippen LogP contribution in [0.15, 0.2) is 41.7 Å². The first-order chi connectivity index (χ1) is 13.6. The van der Waals surface area contributed by atoms with E-state index in [0.717, 1.165) is 59.7 Å². The van der Waals surface area contributed by atoms with E-state index in [2.05, 4.69) is 22.4 Å². The maximum atomic E-state index is 10.8. The van der Waals surface area contributed by atoms with Gasteiger partial charge in [-0.25, -0.2) is 19.4 Å². The van der Waals surface area contributed by atoms with Crippen molar-refractivity contribution in [2.24, 2.45) is 5.92 Å². The second-order valence-corrected chi connectivity index (χ2v) is 7.93. The monoisotopic (exact) mass is 397 g/mol. The lowest BCUT2D eigenvalue weighted by atomic mass is 9.86. The second-order valence-electron chi connectivity index (χ2n) is 7.16. The average Bonchev–Trinajstić information content (AvgIpc) is 3.07. The molecule has 28 heavy (non-hydrogen) atoms. The van der Waals surface area contributed by atoms with Gasteiger partial charge in [0.2, 0.25) is 0 Å². The molecule has 0 radical (unpaired) electrons. The molecule has 2 aromatic heterocycles. The van der Waals surface area contributed by atoms with Crippen LogP contribution < -0.4 is 5.32 Å². The molecule has 1 amide bonds. The molecule has 0 saturated heterocycles. The van der Waals surface area contributed by atoms with Crippen LogP contribution in [0.3, 0.4) is 0 Å². The van der Waals surface area contributed by atoms with Crippen molar-refractivity contribution in [2.75, 3.05) is 6.26 Å². The summed E-state index contributed by atoms with van der Waals surface area (Å²) >= 11 is 1.52. The fourth-order valence-electron chi connectivity index (χ4n) is 3.89. The molecule has 1 fully saturated rings. The van der Waals surface area contributed by atoms with Crippen LogP contribution in [0.2, 0.25) is 0 Å². The van der Waals surface area contributed by atoms with Crippen LogP contribution in [0.1, 0.15) is 25.7 Å². The van der Waals surface area contributed by atoms with E-state index < -0.39 is 6.09 Å². The maximum Gasteiger partial charge on any atom is 0.404 e. The number of carbonyl (C=O) groups is 1. The van der Waals surface area contributed by atoms with E-state index in [0.29, 0.717) is 5.92 Å². The zero-order valence-electron chi connectivity index (χ0n) is 15.7. The first kappa shape index (κ1) is 18.7. The molecular formula is C20H23N5O2S. The van der Waals surface area contributed by atoms with Gasteiger partial charge in [-0.2, -0.15) is 5.10 Å². The summed E-state index contributed by atoms with van der Waals surface area (Å²) in [6.07, 6.45) is 6.60. The van der Waals surface area contributed by atoms with Crippen molar-refractivity contribution in [3.63, 3.8) is 0 Å². The van der Waals surface area contributed by atoms with Crippen LogP contribution in [0, 0.1) is 5.92 Å². The molecule has 0 bridgehead atoms. The minimum atomic E-state index is -0.935. The van der Waals surface area contributed by atoms with Gasteiger partial charge in [-0.1, -0.05) is 42.1 Å². The van der Waals surface area contributed by atoms with E-state index in [-0.39, 0.29) is 6.04 Å². The highest BCUT2D eigenvalue weighted by atomic mass is 32.2. The molecule has 2 N–H and O–H groups in total. The second kappa shape index (κ2) is 8.18. The fraction of sp³-hybridized carbons (Fsp3) is 0.400. The van der Waals surface area contributed by atoms with Gasteiger partial charge in [0, 0.05) is 24.3 Å². The number of nitrogens with one attached hydrogen (secondary N) is 1. The Morgan fingerprint density at radius 2 is 2.00 bits per heavy atom. The van der Waals surface area contributed by atoms with Gasteiger partial charge in [-0.15, -0.1) is 0 Å². The molecule has 1 saturated carbocycles. The Bertz CT molecular complexity index is 967. The third-order valence-corrected chi connectivity index (χ3v) is 5.86. The van der Waals surface area contributed by atoms with Crippen molar-refractivity contribution in [1.82, 2.24) is 25.1 Å². The highest BCUT2D eigenvalue weighted by Crippen LogP contribution is 2.30. The Morgan fingerprint density at radius 1 is 1.25 bits per heavy atom. The predicted octanol–water partition coefficient (Wildman–Crippen LogP) is 4.04. The molecular weight excluding hydrogens is 374 g/mol. The summed E-state index contributed by atoms with van der Waals surface area (Å²) in [7, 11) is 0. The highest BCUT2D eigenvalue weighted by molar-refractivity contribution is 7.98. The lowest BCUT2D eigenvalue weighted by molar-refractivity contribution is 0.180. The van der Waals surface area contributed by atoms with Crippen LogP contribution >= 0.6 is 11.8 Å². The third kappa shape index (κ3) is 3.96. The van der Waals surface area contributed by atoms with Crippen molar-refractivity contribution >= 4 is 28.9 Å². The maximum absolute atomic E-state index is 10.8. The minimum absolute atomic E-state index is 0.0633. The number of thioether (sulfide) groups is 1. The molecule has 0 unspecified atom stereocenters. The van der Waals surface area contributed by atoms with Crippen LogP contribution in [0.25, 0.3) is 22.3 Å². The Kier molecular flexibility index (Phi) is 5.47. The van der Waals surface area contributed by atoms with Crippen LogP contribution in [-0.2, 0) is 6.54 Å². The van der Waals surface area contributed by atoms with Crippen molar-refractivity contribution in [3.05, 3.63) is 36.5 Å². The van der Waals surface area contributed by atoms with Crippen molar-refractivity contribution < 1.29 is 9.90 Å². The molecule has 2 heterocycles. The standard InChI is InChI=1S/C20H23N5O2S/c1-28-19-21-11-16-17(14-5-3-2-4-6-14)24-25(18(16)23-19)12-13-7-9-15(10-8-13)22-20(26)27/h2-6,11,13,15,22H,7-10,12H2,1H3,(H,26,27)/t13-,15-. The van der Waals surface area contributed by atoms with Crippen molar-refractivity contribution in [1.29, 1.82) is 0 Å². The molecule has 3 aromatic rings. The van der Waals surface area contributed by atoms with Crippen molar-refractivity contribution in [3.8, 4) is 11.3 Å². The molecule has 0 spiro atoms. The molecule has 0 atom stereocenters. The van der Waals surface area contributed by atoms with E-state index >= 15 is 0 Å². The zero-order chi connectivity index (χ0) is 19.5. The van der Waals surface area contributed by atoms with Gasteiger partial charge < -0.3 is 10.4 Å². The Morgan fingerprint density at radius 3 is 2.68 bits per heavy atom. The summed E-state index contributed by atoms with van der Waals surface area (Å²) in [4.78, 5) is 20.0. The average molecular weight is 398 g/mol. The summed E-state index contributed by atoms with van der Waals surface area (Å²) in [6.45, 7) is 0.786. The van der Waals surface area contributed by atoms with E-state index in [9.17, 15) is 4.79 Å². The number of hydrogen-bond acceptors (Lipinski definition) is 5. The number of aromatic nitrogens is 4. The molecule has 8 heteroatoms. The zero-order valence-corrected chi connectivity index (χ0v) is 16.5. The van der Waals surface area contributed by atoms with Crippen LogP contribution in [0.5, 0.6) is 0 Å². The van der Waals surface area contributed by atoms with E-state index in [4.69, 9.17) is 15.2 Å². The summed E-state index contributed by atoms with van der Waals surface area (Å²) in [5, 5.41) is 18.1. The van der Waals surface area contributed by atoms with Gasteiger partial charge in [0.15, 0.2) is 10.8 Å². The number of rotatable bonds is 5. The number of nitrogens with zero attached hydrogens (tertiary/aromatic N) is 4. The first-order valence-electron chi connectivity index (χ1n) is 9.46. The number of hydrogen-bond donors (Lipinski definition) is 2. The smallest absolute Gasteiger partial charge is 0.404 e. The lowest BCUT2D eigenvalue weighted by Crippen LogP contribution is -2.37. The Balaban J connectivity index is 1.61. The first-order valence-corrected chi connectivity index (χ1v) is 10.7. The lowest BCUT2D eigenvalue weighted by Gasteiger charge is -2.28. The fourth-order valence-corrected chi connectivity index (χ4v) is 4.22. The number of benzene rings is 1.